The third-order valence-electron chi connectivity index (χ3n) is 1.48. The quantitative estimate of drug-likeness (QED) is 0.408. The summed E-state index contributed by atoms with van der Waals surface area (Å²) in [7, 11) is 0. The average molecular weight is 241 g/mol. The normalized spacial score (nSPS) is 13.4. The van der Waals surface area contributed by atoms with Gasteiger partial charge in [-0.25, -0.2) is 0 Å². The van der Waals surface area contributed by atoms with Crippen molar-refractivity contribution < 1.29 is 4.79 Å². The lowest BCUT2D eigenvalue weighted by Crippen LogP contribution is -1.82. The average Bonchev–Trinajstić information content (AvgIpc) is 2.16. The fourth-order valence-electron chi connectivity index (χ4n) is 0.828. The molecule has 0 bridgehead atoms. The van der Waals surface area contributed by atoms with E-state index in [-0.39, 0.29) is 0 Å². The topological polar surface area (TPSA) is 17.1 Å². The lowest BCUT2D eigenvalue weighted by atomic mass is 10.1. The van der Waals surface area contributed by atoms with Crippen molar-refractivity contribution in [1.29, 1.82) is 0 Å². The molecule has 2 heteroatoms. The lowest BCUT2D eigenvalue weighted by Gasteiger charge is -1.95. The summed E-state index contributed by atoms with van der Waals surface area (Å²) < 4.78 is 0. The third-order valence-corrected chi connectivity index (χ3v) is 1.75. The van der Waals surface area contributed by atoms with Crippen LogP contribution in [0, 0.1) is 0 Å². The van der Waals surface area contributed by atoms with Crippen molar-refractivity contribution in [3.8, 4) is 0 Å². The molecule has 0 N–H and O–H groups in total. The van der Waals surface area contributed by atoms with Crippen LogP contribution in [0.3, 0.4) is 0 Å². The van der Waals surface area contributed by atoms with Crippen LogP contribution in [0.1, 0.15) is 13.3 Å². The van der Waals surface area contributed by atoms with E-state index in [9.17, 15) is 4.79 Å². The predicted molar refractivity (Wildman–Crippen MR) is 60.8 cm³/mol. The van der Waals surface area contributed by atoms with Gasteiger partial charge in [0.15, 0.2) is 0 Å². The van der Waals surface area contributed by atoms with Gasteiger partial charge in [0.25, 0.3) is 0 Å². The van der Waals surface area contributed by atoms with E-state index >= 15 is 0 Å². The van der Waals surface area contributed by atoms with Crippen LogP contribution >= 0.6 is 15.9 Å². The van der Waals surface area contributed by atoms with Crippen molar-refractivity contribution in [1.82, 2.24) is 0 Å². The van der Waals surface area contributed by atoms with Crippen LogP contribution in [0.2, 0.25) is 0 Å². The number of hydrogen-bond acceptors (Lipinski definition) is 1. The number of halogens is 1. The Labute approximate surface area is 87.7 Å². The first-order valence-electron chi connectivity index (χ1n) is 4.03. The molecule has 1 nitrogen and oxygen atoms in total. The maximum Gasteiger partial charge on any atom is 0.150 e. The van der Waals surface area contributed by atoms with Crippen LogP contribution in [0.5, 0.6) is 0 Å². The standard InChI is InChI=1S/C11H13BrO/c1-3-5-10(4-2)8-11(9-13)6-7-12/h3,5-9H,1,4H2,2H3/b7-6-,10-5+,11-8+. The molecule has 0 radical (unpaired) electrons. The van der Waals surface area contributed by atoms with Crippen molar-refractivity contribution in [2.45, 2.75) is 13.3 Å². The minimum absolute atomic E-state index is 0.645. The molecule has 0 aromatic carbocycles. The summed E-state index contributed by atoms with van der Waals surface area (Å²) >= 11 is 3.12. The zero-order valence-corrected chi connectivity index (χ0v) is 9.25. The van der Waals surface area contributed by atoms with E-state index < -0.39 is 0 Å². The molecule has 0 heterocycles. The number of aldehydes is 1. The molecule has 0 unspecified atom stereocenters. The Morgan fingerprint density at radius 2 is 2.23 bits per heavy atom. The highest BCUT2D eigenvalue weighted by atomic mass is 79.9. The van der Waals surface area contributed by atoms with Crippen LogP contribution in [-0.4, -0.2) is 6.29 Å². The molecule has 0 spiro atoms. The Morgan fingerprint density at radius 1 is 1.54 bits per heavy atom. The molecule has 13 heavy (non-hydrogen) atoms. The number of carbonyl (C=O) groups is 1. The second kappa shape index (κ2) is 7.74. The fourth-order valence-corrected chi connectivity index (χ4v) is 1.13. The Hall–Kier alpha value is -0.890. The van der Waals surface area contributed by atoms with E-state index in [2.05, 4.69) is 22.5 Å². The molecule has 70 valence electrons. The van der Waals surface area contributed by atoms with Gasteiger partial charge >= 0.3 is 0 Å². The summed E-state index contributed by atoms with van der Waals surface area (Å²) in [6.07, 6.45) is 8.87. The first-order valence-corrected chi connectivity index (χ1v) is 4.95. The highest BCUT2D eigenvalue weighted by Gasteiger charge is 1.91. The molecule has 0 fully saturated rings. The number of hydrogen-bond donors (Lipinski definition) is 0. The molecule has 0 amide bonds. The number of allylic oxidation sites excluding steroid dienone is 6. The van der Waals surface area contributed by atoms with Crippen molar-refractivity contribution in [2.24, 2.45) is 0 Å². The van der Waals surface area contributed by atoms with Crippen LogP contribution in [0.25, 0.3) is 0 Å². The first-order chi connectivity index (χ1) is 6.28. The molecule has 0 aromatic heterocycles. The molecule has 0 aliphatic rings. The number of carbonyl (C=O) groups excluding carboxylic acids is 1. The van der Waals surface area contributed by atoms with Crippen LogP contribution in [0.15, 0.2) is 47.0 Å². The second-order valence-corrected chi connectivity index (χ2v) is 2.91. The fraction of sp³-hybridized carbons (Fsp3) is 0.182. The van der Waals surface area contributed by atoms with Gasteiger partial charge in [-0.3, -0.25) is 4.79 Å². The van der Waals surface area contributed by atoms with Gasteiger partial charge in [0, 0.05) is 5.57 Å². The zero-order chi connectivity index (χ0) is 10.1. The summed E-state index contributed by atoms with van der Waals surface area (Å²) in [5.74, 6) is 0. The van der Waals surface area contributed by atoms with Gasteiger partial charge in [-0.1, -0.05) is 41.6 Å². The van der Waals surface area contributed by atoms with E-state index in [0.29, 0.717) is 5.57 Å². The second-order valence-electron chi connectivity index (χ2n) is 2.39. The lowest BCUT2D eigenvalue weighted by molar-refractivity contribution is -0.104. The monoisotopic (exact) mass is 240 g/mol. The summed E-state index contributed by atoms with van der Waals surface area (Å²) in [6.45, 7) is 5.64. The molecule has 0 atom stereocenters. The summed E-state index contributed by atoms with van der Waals surface area (Å²) in [4.78, 5) is 12.2. The molecule has 0 saturated carbocycles. The van der Waals surface area contributed by atoms with E-state index in [1.165, 1.54) is 0 Å². The van der Waals surface area contributed by atoms with Gasteiger partial charge < -0.3 is 0 Å². The zero-order valence-electron chi connectivity index (χ0n) is 7.66. The maximum atomic E-state index is 10.6. The van der Waals surface area contributed by atoms with E-state index in [4.69, 9.17) is 0 Å². The molecule has 0 aromatic rings. The predicted octanol–water partition coefficient (Wildman–Crippen LogP) is 3.54. The molecular weight excluding hydrogens is 228 g/mol. The molecule has 0 aliphatic carbocycles. The third kappa shape index (κ3) is 5.36. The van der Waals surface area contributed by atoms with Crippen LogP contribution in [0.4, 0.5) is 0 Å². The minimum atomic E-state index is 0.645. The minimum Gasteiger partial charge on any atom is -0.298 e. The van der Waals surface area contributed by atoms with Gasteiger partial charge in [-0.05, 0) is 29.1 Å². The highest BCUT2D eigenvalue weighted by molar-refractivity contribution is 9.11. The van der Waals surface area contributed by atoms with Crippen LogP contribution in [-0.2, 0) is 4.79 Å². The Kier molecular flexibility index (Phi) is 7.21. The van der Waals surface area contributed by atoms with Gasteiger partial charge in [0.1, 0.15) is 6.29 Å². The summed E-state index contributed by atoms with van der Waals surface area (Å²) in [5.41, 5.74) is 1.73. The van der Waals surface area contributed by atoms with Gasteiger partial charge in [-0.2, -0.15) is 0 Å². The highest BCUT2D eigenvalue weighted by Crippen LogP contribution is 2.07. The SMILES string of the molecule is C=C/C=C(/C=C(C=O)\C=C/Br)CC. The molecule has 0 rings (SSSR count). The molecule has 0 aliphatic heterocycles. The van der Waals surface area contributed by atoms with E-state index in [0.717, 1.165) is 18.3 Å². The number of rotatable bonds is 5. The molecule has 0 saturated heterocycles. The van der Waals surface area contributed by atoms with Crippen molar-refractivity contribution in [3.05, 3.63) is 47.0 Å². The maximum absolute atomic E-state index is 10.6. The Morgan fingerprint density at radius 3 is 2.62 bits per heavy atom. The smallest absolute Gasteiger partial charge is 0.150 e. The van der Waals surface area contributed by atoms with Gasteiger partial charge in [-0.15, -0.1) is 0 Å². The van der Waals surface area contributed by atoms with Gasteiger partial charge in [0.05, 0.1) is 0 Å². The Bertz CT molecular complexity index is 259. The van der Waals surface area contributed by atoms with Crippen molar-refractivity contribution >= 4 is 22.2 Å². The van der Waals surface area contributed by atoms with Gasteiger partial charge in [0.2, 0.25) is 0 Å². The van der Waals surface area contributed by atoms with E-state index in [1.807, 2.05) is 19.1 Å². The van der Waals surface area contributed by atoms with Crippen LogP contribution < -0.4 is 0 Å². The van der Waals surface area contributed by atoms with Crippen molar-refractivity contribution in [3.63, 3.8) is 0 Å². The van der Waals surface area contributed by atoms with Crippen molar-refractivity contribution in [2.75, 3.05) is 0 Å². The summed E-state index contributed by atoms with van der Waals surface area (Å²) in [5, 5.41) is 0. The molecular formula is C11H13BrO. The summed E-state index contributed by atoms with van der Waals surface area (Å²) in [6, 6.07) is 0. The largest absolute Gasteiger partial charge is 0.298 e. The first kappa shape index (κ1) is 12.1. The Balaban J connectivity index is 4.73. The van der Waals surface area contributed by atoms with E-state index in [1.54, 1.807) is 17.1 Å².